The van der Waals surface area contributed by atoms with Crippen molar-refractivity contribution in [1.29, 1.82) is 0 Å². The van der Waals surface area contributed by atoms with E-state index >= 15 is 0 Å². The zero-order chi connectivity index (χ0) is 9.84. The Balaban J connectivity index is 3.15. The van der Waals surface area contributed by atoms with Gasteiger partial charge in [-0.3, -0.25) is 4.79 Å². The van der Waals surface area contributed by atoms with Gasteiger partial charge in [0, 0.05) is 5.69 Å². The largest absolute Gasteiger partial charge is 0.399 e. The Labute approximate surface area is 78.1 Å². The topological polar surface area (TPSA) is 43.1 Å². The van der Waals surface area contributed by atoms with E-state index < -0.39 is 0 Å². The van der Waals surface area contributed by atoms with Gasteiger partial charge in [-0.25, -0.2) is 0 Å². The molecule has 0 spiro atoms. The van der Waals surface area contributed by atoms with Crippen molar-refractivity contribution in [2.24, 2.45) is 0 Å². The molecule has 0 saturated heterocycles. The van der Waals surface area contributed by atoms with Crippen LogP contribution in [-0.4, -0.2) is 6.29 Å². The van der Waals surface area contributed by atoms with E-state index in [2.05, 4.69) is 0 Å². The molecule has 2 heteroatoms. The van der Waals surface area contributed by atoms with Crippen LogP contribution in [-0.2, 0) is 4.79 Å². The van der Waals surface area contributed by atoms with Gasteiger partial charge in [0.05, 0.1) is 0 Å². The minimum absolute atomic E-state index is 0.769. The second-order valence-electron chi connectivity index (χ2n) is 3.06. The number of carbonyl (C=O) groups is 1. The molecule has 1 aromatic carbocycles. The van der Waals surface area contributed by atoms with Crippen LogP contribution >= 0.6 is 0 Å². The average molecular weight is 175 g/mol. The van der Waals surface area contributed by atoms with Gasteiger partial charge in [-0.15, -0.1) is 0 Å². The number of nitrogens with two attached hydrogens (primary N) is 1. The normalized spacial score (nSPS) is 10.6. The molecule has 2 N–H and O–H groups in total. The molecule has 0 aliphatic heterocycles. The Kier molecular flexibility index (Phi) is 2.85. The highest BCUT2D eigenvalue weighted by Gasteiger charge is 1.98. The van der Waals surface area contributed by atoms with E-state index in [0.717, 1.165) is 28.7 Å². The molecule has 2 nitrogen and oxygen atoms in total. The maximum absolute atomic E-state index is 10.1. The Morgan fingerprint density at radius 1 is 1.23 bits per heavy atom. The summed E-state index contributed by atoms with van der Waals surface area (Å²) in [5.74, 6) is 0. The van der Waals surface area contributed by atoms with Crippen LogP contribution in [0.5, 0.6) is 0 Å². The number of allylic oxidation sites excluding steroid dienone is 1. The van der Waals surface area contributed by atoms with Crippen LogP contribution in [0, 0.1) is 13.8 Å². The third-order valence-electron chi connectivity index (χ3n) is 2.01. The van der Waals surface area contributed by atoms with Crippen LogP contribution in [0.3, 0.4) is 0 Å². The van der Waals surface area contributed by atoms with Crippen molar-refractivity contribution in [3.05, 3.63) is 34.9 Å². The third kappa shape index (κ3) is 2.18. The summed E-state index contributed by atoms with van der Waals surface area (Å²) < 4.78 is 0. The van der Waals surface area contributed by atoms with Gasteiger partial charge >= 0.3 is 0 Å². The van der Waals surface area contributed by atoms with Crippen LogP contribution in [0.1, 0.15) is 16.7 Å². The number of nitrogen functional groups attached to an aromatic ring is 1. The van der Waals surface area contributed by atoms with Crippen LogP contribution in [0.2, 0.25) is 0 Å². The van der Waals surface area contributed by atoms with Gasteiger partial charge in [0.25, 0.3) is 0 Å². The van der Waals surface area contributed by atoms with E-state index in [-0.39, 0.29) is 0 Å². The summed E-state index contributed by atoms with van der Waals surface area (Å²) in [5, 5.41) is 0. The molecule has 0 aromatic heterocycles. The molecule has 13 heavy (non-hydrogen) atoms. The number of benzene rings is 1. The summed E-state index contributed by atoms with van der Waals surface area (Å²) in [7, 11) is 0. The van der Waals surface area contributed by atoms with Crippen LogP contribution in [0.4, 0.5) is 5.69 Å². The summed E-state index contributed by atoms with van der Waals surface area (Å²) in [6, 6.07) is 3.89. The van der Waals surface area contributed by atoms with Gasteiger partial charge in [-0.1, -0.05) is 6.08 Å². The van der Waals surface area contributed by atoms with E-state index in [0.29, 0.717) is 0 Å². The molecule has 0 unspecified atom stereocenters. The molecule has 0 bridgehead atoms. The first-order valence-electron chi connectivity index (χ1n) is 4.13. The summed E-state index contributed by atoms with van der Waals surface area (Å²) >= 11 is 0. The molecular weight excluding hydrogens is 162 g/mol. The highest BCUT2D eigenvalue weighted by Crippen LogP contribution is 2.18. The quantitative estimate of drug-likeness (QED) is 0.425. The summed E-state index contributed by atoms with van der Waals surface area (Å²) in [6.45, 7) is 3.92. The number of hydrogen-bond donors (Lipinski definition) is 1. The standard InChI is InChI=1S/C11H13NO/c1-8-7-11(12)9(2)6-10(8)4-3-5-13/h3-7H,12H2,1-2H3. The molecular formula is C11H13NO. The SMILES string of the molecule is Cc1cc(C=CC=O)c(C)cc1N. The van der Waals surface area contributed by atoms with Crippen LogP contribution < -0.4 is 5.73 Å². The highest BCUT2D eigenvalue weighted by molar-refractivity contribution is 5.75. The molecule has 0 aliphatic rings. The van der Waals surface area contributed by atoms with Gasteiger partial charge in [0.1, 0.15) is 6.29 Å². The number of carbonyl (C=O) groups excluding carboxylic acids is 1. The summed E-state index contributed by atoms with van der Waals surface area (Å²) in [6.07, 6.45) is 4.04. The Morgan fingerprint density at radius 2 is 1.92 bits per heavy atom. The fraction of sp³-hybridized carbons (Fsp3) is 0.182. The van der Waals surface area contributed by atoms with E-state index in [4.69, 9.17) is 5.73 Å². The van der Waals surface area contributed by atoms with Crippen LogP contribution in [0.15, 0.2) is 18.2 Å². The fourth-order valence-electron chi connectivity index (χ4n) is 1.18. The number of aldehydes is 1. The van der Waals surface area contributed by atoms with Crippen molar-refractivity contribution in [3.8, 4) is 0 Å². The van der Waals surface area contributed by atoms with Gasteiger partial charge in [-0.2, -0.15) is 0 Å². The molecule has 0 saturated carbocycles. The molecule has 0 heterocycles. The Hall–Kier alpha value is -1.57. The van der Waals surface area contributed by atoms with Crippen molar-refractivity contribution in [3.63, 3.8) is 0 Å². The molecule has 0 fully saturated rings. The van der Waals surface area contributed by atoms with Crippen molar-refractivity contribution in [2.45, 2.75) is 13.8 Å². The Morgan fingerprint density at radius 3 is 2.54 bits per heavy atom. The second-order valence-corrected chi connectivity index (χ2v) is 3.06. The van der Waals surface area contributed by atoms with Gasteiger partial charge in [0.15, 0.2) is 0 Å². The first kappa shape index (κ1) is 9.52. The monoisotopic (exact) mass is 175 g/mol. The average Bonchev–Trinajstić information content (AvgIpc) is 2.09. The predicted octanol–water partition coefficient (Wildman–Crippen LogP) is 2.10. The smallest absolute Gasteiger partial charge is 0.142 e. The molecule has 1 aromatic rings. The first-order chi connectivity index (χ1) is 6.15. The molecule has 0 aliphatic carbocycles. The lowest BCUT2D eigenvalue weighted by Gasteiger charge is -2.05. The lowest BCUT2D eigenvalue weighted by Crippen LogP contribution is -1.92. The first-order valence-corrected chi connectivity index (χ1v) is 4.13. The minimum Gasteiger partial charge on any atom is -0.399 e. The lowest BCUT2D eigenvalue weighted by molar-refractivity contribution is -0.104. The molecule has 0 radical (unpaired) electrons. The molecule has 0 atom stereocenters. The maximum atomic E-state index is 10.1. The maximum Gasteiger partial charge on any atom is 0.142 e. The zero-order valence-electron chi connectivity index (χ0n) is 7.87. The second kappa shape index (κ2) is 3.90. The number of aryl methyl sites for hydroxylation is 2. The van der Waals surface area contributed by atoms with E-state index in [9.17, 15) is 4.79 Å². The van der Waals surface area contributed by atoms with Crippen molar-refractivity contribution >= 4 is 18.0 Å². The van der Waals surface area contributed by atoms with E-state index in [1.165, 1.54) is 6.08 Å². The molecule has 0 amide bonds. The van der Waals surface area contributed by atoms with Crippen molar-refractivity contribution < 1.29 is 4.79 Å². The van der Waals surface area contributed by atoms with Crippen molar-refractivity contribution in [2.75, 3.05) is 5.73 Å². The molecule has 68 valence electrons. The zero-order valence-corrected chi connectivity index (χ0v) is 7.87. The van der Waals surface area contributed by atoms with Gasteiger partial charge < -0.3 is 5.73 Å². The number of anilines is 1. The lowest BCUT2D eigenvalue weighted by atomic mass is 10.0. The van der Waals surface area contributed by atoms with Crippen molar-refractivity contribution in [1.82, 2.24) is 0 Å². The van der Waals surface area contributed by atoms with Gasteiger partial charge in [0.2, 0.25) is 0 Å². The van der Waals surface area contributed by atoms with E-state index in [1.807, 2.05) is 26.0 Å². The van der Waals surface area contributed by atoms with Crippen LogP contribution in [0.25, 0.3) is 6.08 Å². The Bertz CT molecular complexity index is 353. The summed E-state index contributed by atoms with van der Waals surface area (Å²) in [4.78, 5) is 10.1. The predicted molar refractivity (Wildman–Crippen MR) is 55.4 cm³/mol. The number of hydrogen-bond acceptors (Lipinski definition) is 2. The third-order valence-corrected chi connectivity index (χ3v) is 2.01. The number of rotatable bonds is 2. The van der Waals surface area contributed by atoms with E-state index in [1.54, 1.807) is 6.08 Å². The highest BCUT2D eigenvalue weighted by atomic mass is 16.1. The molecule has 1 rings (SSSR count). The fourth-order valence-corrected chi connectivity index (χ4v) is 1.18. The summed E-state index contributed by atoms with van der Waals surface area (Å²) in [5.41, 5.74) is 9.68. The minimum atomic E-state index is 0.769. The van der Waals surface area contributed by atoms with Gasteiger partial charge in [-0.05, 0) is 48.7 Å².